The molecule has 0 amide bonds. The summed E-state index contributed by atoms with van der Waals surface area (Å²) in [5, 5.41) is 0. The zero-order chi connectivity index (χ0) is 8.81. The third-order valence-electron chi connectivity index (χ3n) is 2.70. The standard InChI is InChI=1S/C10H14.CH5N/c1-2-6-10-8-4-3-7-9(10)5-1;1-2/h1-2,5-6,9-10H,3-4,7-8H2;2H2,1H3. The molecule has 2 atom stereocenters. The molecular formula is C11H19N. The van der Waals surface area contributed by atoms with Crippen molar-refractivity contribution >= 4 is 0 Å². The molecule has 1 fully saturated rings. The minimum Gasteiger partial charge on any atom is -0.333 e. The molecule has 68 valence electrons. The molecule has 0 heterocycles. The van der Waals surface area contributed by atoms with Crippen molar-refractivity contribution < 1.29 is 0 Å². The summed E-state index contributed by atoms with van der Waals surface area (Å²) in [6, 6.07) is 0. The Morgan fingerprint density at radius 2 is 1.33 bits per heavy atom. The normalized spacial score (nSPS) is 31.8. The van der Waals surface area contributed by atoms with Crippen LogP contribution in [0.5, 0.6) is 0 Å². The van der Waals surface area contributed by atoms with Crippen molar-refractivity contribution in [3.8, 4) is 0 Å². The van der Waals surface area contributed by atoms with E-state index in [2.05, 4.69) is 30.0 Å². The molecule has 12 heavy (non-hydrogen) atoms. The van der Waals surface area contributed by atoms with Crippen LogP contribution in [-0.2, 0) is 0 Å². The SMILES string of the molecule is C1=CC2CCCCC2C=C1.CN. The highest BCUT2D eigenvalue weighted by Gasteiger charge is 2.21. The molecule has 0 aliphatic heterocycles. The van der Waals surface area contributed by atoms with Crippen LogP contribution in [0, 0.1) is 11.8 Å². The summed E-state index contributed by atoms with van der Waals surface area (Å²) < 4.78 is 0. The minimum atomic E-state index is 0.888. The first kappa shape index (κ1) is 9.53. The average Bonchev–Trinajstić information content (AvgIpc) is 2.21. The van der Waals surface area contributed by atoms with Gasteiger partial charge in [0.25, 0.3) is 0 Å². The lowest BCUT2D eigenvalue weighted by atomic mass is 9.77. The topological polar surface area (TPSA) is 26.0 Å². The predicted molar refractivity (Wildman–Crippen MR) is 53.8 cm³/mol. The third-order valence-corrected chi connectivity index (χ3v) is 2.70. The van der Waals surface area contributed by atoms with Crippen molar-refractivity contribution in [2.75, 3.05) is 7.05 Å². The molecule has 1 heteroatoms. The molecule has 0 saturated heterocycles. The van der Waals surface area contributed by atoms with Crippen molar-refractivity contribution in [1.82, 2.24) is 0 Å². The lowest BCUT2D eigenvalue weighted by Crippen LogP contribution is -2.16. The lowest BCUT2D eigenvalue weighted by Gasteiger charge is -2.28. The lowest BCUT2D eigenvalue weighted by molar-refractivity contribution is 0.335. The second-order valence-electron chi connectivity index (χ2n) is 3.38. The highest BCUT2D eigenvalue weighted by Crippen LogP contribution is 2.33. The van der Waals surface area contributed by atoms with Crippen LogP contribution in [0.4, 0.5) is 0 Å². The van der Waals surface area contributed by atoms with Crippen LogP contribution >= 0.6 is 0 Å². The van der Waals surface area contributed by atoms with E-state index in [1.165, 1.54) is 32.7 Å². The van der Waals surface area contributed by atoms with Crippen molar-refractivity contribution in [2.45, 2.75) is 25.7 Å². The van der Waals surface area contributed by atoms with Gasteiger partial charge >= 0.3 is 0 Å². The van der Waals surface area contributed by atoms with Crippen LogP contribution < -0.4 is 5.73 Å². The molecule has 0 aromatic rings. The van der Waals surface area contributed by atoms with E-state index in [9.17, 15) is 0 Å². The van der Waals surface area contributed by atoms with E-state index in [4.69, 9.17) is 0 Å². The highest BCUT2D eigenvalue weighted by atomic mass is 14.4. The monoisotopic (exact) mass is 165 g/mol. The fourth-order valence-corrected chi connectivity index (χ4v) is 2.08. The Morgan fingerprint density at radius 3 is 1.75 bits per heavy atom. The van der Waals surface area contributed by atoms with Crippen LogP contribution in [0.1, 0.15) is 25.7 Å². The maximum absolute atomic E-state index is 4.50. The minimum absolute atomic E-state index is 0.888. The summed E-state index contributed by atoms with van der Waals surface area (Å²) in [6.07, 6.45) is 14.9. The van der Waals surface area contributed by atoms with Crippen molar-refractivity contribution in [3.63, 3.8) is 0 Å². The Morgan fingerprint density at radius 1 is 0.917 bits per heavy atom. The van der Waals surface area contributed by atoms with Gasteiger partial charge in [-0.1, -0.05) is 37.1 Å². The van der Waals surface area contributed by atoms with E-state index in [0.29, 0.717) is 0 Å². The zero-order valence-corrected chi connectivity index (χ0v) is 7.87. The molecule has 0 bridgehead atoms. The van der Waals surface area contributed by atoms with Gasteiger partial charge < -0.3 is 5.73 Å². The average molecular weight is 165 g/mol. The number of hydrogen-bond donors (Lipinski definition) is 1. The van der Waals surface area contributed by atoms with Gasteiger partial charge in [-0.15, -0.1) is 0 Å². The molecular weight excluding hydrogens is 146 g/mol. The smallest absolute Gasteiger partial charge is 0.0167 e. The molecule has 0 aromatic carbocycles. The summed E-state index contributed by atoms with van der Waals surface area (Å²) in [5.41, 5.74) is 4.50. The molecule has 2 unspecified atom stereocenters. The van der Waals surface area contributed by atoms with Gasteiger partial charge in [0.1, 0.15) is 0 Å². The number of rotatable bonds is 0. The van der Waals surface area contributed by atoms with Crippen molar-refractivity contribution in [1.29, 1.82) is 0 Å². The van der Waals surface area contributed by atoms with E-state index in [0.717, 1.165) is 11.8 Å². The third kappa shape index (κ3) is 2.21. The maximum Gasteiger partial charge on any atom is -0.0167 e. The largest absolute Gasteiger partial charge is 0.333 e. The van der Waals surface area contributed by atoms with E-state index >= 15 is 0 Å². The number of nitrogens with two attached hydrogens (primary N) is 1. The molecule has 0 spiro atoms. The number of hydrogen-bond acceptors (Lipinski definition) is 1. The summed E-state index contributed by atoms with van der Waals surface area (Å²) in [5.74, 6) is 1.78. The Balaban J connectivity index is 0.000000336. The van der Waals surface area contributed by atoms with Crippen LogP contribution in [-0.4, -0.2) is 7.05 Å². The van der Waals surface area contributed by atoms with Gasteiger partial charge in [0, 0.05) is 0 Å². The summed E-state index contributed by atoms with van der Waals surface area (Å²) in [7, 11) is 1.50. The van der Waals surface area contributed by atoms with Gasteiger partial charge in [0.2, 0.25) is 0 Å². The van der Waals surface area contributed by atoms with Gasteiger partial charge in [-0.05, 0) is 31.7 Å². The molecule has 2 aliphatic carbocycles. The summed E-state index contributed by atoms with van der Waals surface area (Å²) >= 11 is 0. The van der Waals surface area contributed by atoms with Crippen LogP contribution in [0.15, 0.2) is 24.3 Å². The van der Waals surface area contributed by atoms with Crippen molar-refractivity contribution in [3.05, 3.63) is 24.3 Å². The molecule has 2 aliphatic rings. The molecule has 0 radical (unpaired) electrons. The maximum atomic E-state index is 4.50. The second-order valence-corrected chi connectivity index (χ2v) is 3.38. The Hall–Kier alpha value is -0.560. The van der Waals surface area contributed by atoms with Crippen molar-refractivity contribution in [2.24, 2.45) is 17.6 Å². The van der Waals surface area contributed by atoms with E-state index < -0.39 is 0 Å². The molecule has 2 N–H and O–H groups in total. The Labute approximate surface area is 75.3 Å². The quantitative estimate of drug-likeness (QED) is 0.586. The van der Waals surface area contributed by atoms with Gasteiger partial charge in [0.05, 0.1) is 0 Å². The Kier molecular flexibility index (Phi) is 4.09. The van der Waals surface area contributed by atoms with E-state index in [-0.39, 0.29) is 0 Å². The van der Waals surface area contributed by atoms with Gasteiger partial charge in [0.15, 0.2) is 0 Å². The first-order chi connectivity index (χ1) is 5.97. The molecule has 1 nitrogen and oxygen atoms in total. The summed E-state index contributed by atoms with van der Waals surface area (Å²) in [4.78, 5) is 0. The number of fused-ring (bicyclic) bond motifs is 1. The zero-order valence-electron chi connectivity index (χ0n) is 7.87. The molecule has 1 saturated carbocycles. The first-order valence-electron chi connectivity index (χ1n) is 4.89. The fourth-order valence-electron chi connectivity index (χ4n) is 2.08. The van der Waals surface area contributed by atoms with Crippen LogP contribution in [0.25, 0.3) is 0 Å². The van der Waals surface area contributed by atoms with Gasteiger partial charge in [-0.3, -0.25) is 0 Å². The van der Waals surface area contributed by atoms with Crippen LogP contribution in [0.3, 0.4) is 0 Å². The first-order valence-corrected chi connectivity index (χ1v) is 4.89. The van der Waals surface area contributed by atoms with Gasteiger partial charge in [-0.25, -0.2) is 0 Å². The van der Waals surface area contributed by atoms with Gasteiger partial charge in [-0.2, -0.15) is 0 Å². The predicted octanol–water partition coefficient (Wildman–Crippen LogP) is 2.49. The Bertz CT molecular complexity index is 150. The molecule has 2 rings (SSSR count). The summed E-state index contributed by atoms with van der Waals surface area (Å²) in [6.45, 7) is 0. The highest BCUT2D eigenvalue weighted by molar-refractivity contribution is 5.14. The second kappa shape index (κ2) is 5.15. The number of allylic oxidation sites excluding steroid dienone is 4. The molecule has 0 aromatic heterocycles. The fraction of sp³-hybridized carbons (Fsp3) is 0.636. The van der Waals surface area contributed by atoms with Crippen LogP contribution in [0.2, 0.25) is 0 Å². The van der Waals surface area contributed by atoms with E-state index in [1.54, 1.807) is 0 Å². The van der Waals surface area contributed by atoms with E-state index in [1.807, 2.05) is 0 Å².